The van der Waals surface area contributed by atoms with E-state index in [9.17, 15) is 22.7 Å². The van der Waals surface area contributed by atoms with Crippen LogP contribution >= 0.6 is 0 Å². The summed E-state index contributed by atoms with van der Waals surface area (Å²) < 4.78 is 60.7. The Bertz CT molecular complexity index is 1120. The van der Waals surface area contributed by atoms with Gasteiger partial charge in [0.2, 0.25) is 5.60 Å². The molecule has 3 unspecified atom stereocenters. The van der Waals surface area contributed by atoms with Crippen molar-refractivity contribution in [1.29, 1.82) is 0 Å². The summed E-state index contributed by atoms with van der Waals surface area (Å²) in [6, 6.07) is 5.79. The zero-order valence-corrected chi connectivity index (χ0v) is 17.3. The Morgan fingerprint density at radius 3 is 2.78 bits per heavy atom. The number of hydrogen-bond donors (Lipinski definition) is 3. The van der Waals surface area contributed by atoms with Gasteiger partial charge in [-0.1, -0.05) is 6.07 Å². The zero-order chi connectivity index (χ0) is 23.1. The number of imidazole rings is 1. The first kappa shape index (κ1) is 22.2. The molecule has 0 radical (unpaired) electrons. The van der Waals surface area contributed by atoms with E-state index in [0.29, 0.717) is 43.6 Å². The van der Waals surface area contributed by atoms with Crippen molar-refractivity contribution in [3.63, 3.8) is 0 Å². The highest BCUT2D eigenvalue weighted by Gasteiger charge is 2.54. The third-order valence-corrected chi connectivity index (χ3v) is 5.43. The van der Waals surface area contributed by atoms with Gasteiger partial charge in [-0.25, -0.2) is 18.9 Å². The molecule has 0 spiro atoms. The standard InChI is InChI=1S/C20H22F4N6O2/c1-19(31,20(22,23)24)18-15(32-2)8-17-26-10-14(30(17)29-18)12-4-3-5-16(27-12)28-13-9-25-7-6-11(13)21/h3-5,8,10-11,13,25,31H,6-7,9H2,1-2H3,(H,27,28). The van der Waals surface area contributed by atoms with Gasteiger partial charge in [0.15, 0.2) is 5.65 Å². The lowest BCUT2D eigenvalue weighted by Crippen LogP contribution is -2.46. The summed E-state index contributed by atoms with van der Waals surface area (Å²) in [5.41, 5.74) is -3.10. The number of alkyl halides is 4. The molecule has 1 fully saturated rings. The van der Waals surface area contributed by atoms with Crippen molar-refractivity contribution in [3.05, 3.63) is 36.2 Å². The van der Waals surface area contributed by atoms with Crippen LogP contribution in [0.2, 0.25) is 0 Å². The normalized spacial score (nSPS) is 21.3. The van der Waals surface area contributed by atoms with Gasteiger partial charge in [-0.05, 0) is 32.0 Å². The number of nitrogens with zero attached hydrogens (tertiary/aromatic N) is 4. The minimum Gasteiger partial charge on any atom is -0.495 e. The fraction of sp³-hybridized carbons (Fsp3) is 0.450. The van der Waals surface area contributed by atoms with E-state index < -0.39 is 29.7 Å². The third kappa shape index (κ3) is 3.95. The fourth-order valence-corrected chi connectivity index (χ4v) is 3.52. The molecule has 4 rings (SSSR count). The molecule has 0 aromatic carbocycles. The molecule has 3 aromatic rings. The zero-order valence-electron chi connectivity index (χ0n) is 17.3. The van der Waals surface area contributed by atoms with E-state index >= 15 is 0 Å². The largest absolute Gasteiger partial charge is 0.495 e. The van der Waals surface area contributed by atoms with Crippen molar-refractivity contribution in [3.8, 4) is 17.1 Å². The molecular formula is C20H22F4N6O2. The Labute approximate surface area is 180 Å². The van der Waals surface area contributed by atoms with Crippen LogP contribution in [0.4, 0.5) is 23.4 Å². The van der Waals surface area contributed by atoms with Crippen molar-refractivity contribution < 1.29 is 27.4 Å². The van der Waals surface area contributed by atoms with Gasteiger partial charge in [0, 0.05) is 12.6 Å². The molecule has 4 heterocycles. The van der Waals surface area contributed by atoms with Crippen molar-refractivity contribution in [1.82, 2.24) is 24.9 Å². The SMILES string of the molecule is COc1cc2ncc(-c3cccc(NC4CNCCC4F)n3)n2nc1C(C)(O)C(F)(F)F. The Kier molecular flexibility index (Phi) is 5.67. The lowest BCUT2D eigenvalue weighted by atomic mass is 10.0. The number of rotatable bonds is 5. The van der Waals surface area contributed by atoms with Crippen LogP contribution in [0, 0.1) is 0 Å². The molecule has 0 amide bonds. The number of piperidine rings is 1. The van der Waals surface area contributed by atoms with Crippen LogP contribution in [0.5, 0.6) is 5.75 Å². The van der Waals surface area contributed by atoms with Gasteiger partial charge in [-0.2, -0.15) is 18.3 Å². The van der Waals surface area contributed by atoms with Crippen molar-refractivity contribution in [2.75, 3.05) is 25.5 Å². The maximum Gasteiger partial charge on any atom is 0.422 e. The number of fused-ring (bicyclic) bond motifs is 1. The average molecular weight is 454 g/mol. The molecule has 3 N–H and O–H groups in total. The number of aliphatic hydroxyl groups is 1. The summed E-state index contributed by atoms with van der Waals surface area (Å²) in [4.78, 5) is 8.63. The Hall–Kier alpha value is -2.99. The summed E-state index contributed by atoms with van der Waals surface area (Å²) in [7, 11) is 1.18. The quantitative estimate of drug-likeness (QED) is 0.510. The fourth-order valence-electron chi connectivity index (χ4n) is 3.52. The molecule has 1 saturated heterocycles. The lowest BCUT2D eigenvalue weighted by Gasteiger charge is -2.28. The Morgan fingerprint density at radius 2 is 2.09 bits per heavy atom. The van der Waals surface area contributed by atoms with E-state index in [1.54, 1.807) is 18.2 Å². The van der Waals surface area contributed by atoms with E-state index in [2.05, 4.69) is 25.7 Å². The molecule has 3 aromatic heterocycles. The number of anilines is 1. The molecule has 8 nitrogen and oxygen atoms in total. The predicted molar refractivity (Wildman–Crippen MR) is 108 cm³/mol. The highest BCUT2D eigenvalue weighted by molar-refractivity contribution is 5.62. The summed E-state index contributed by atoms with van der Waals surface area (Å²) in [5, 5.41) is 20.3. The number of ether oxygens (including phenoxy) is 1. The van der Waals surface area contributed by atoms with Gasteiger partial charge >= 0.3 is 6.18 Å². The van der Waals surface area contributed by atoms with E-state index in [-0.39, 0.29) is 11.4 Å². The second-order valence-electron chi connectivity index (χ2n) is 7.71. The first-order valence-electron chi connectivity index (χ1n) is 9.93. The molecule has 12 heteroatoms. The molecule has 32 heavy (non-hydrogen) atoms. The van der Waals surface area contributed by atoms with Crippen molar-refractivity contribution in [2.24, 2.45) is 0 Å². The van der Waals surface area contributed by atoms with Gasteiger partial charge in [0.1, 0.15) is 29.1 Å². The maximum absolute atomic E-state index is 14.2. The highest BCUT2D eigenvalue weighted by atomic mass is 19.4. The van der Waals surface area contributed by atoms with Gasteiger partial charge in [0.25, 0.3) is 0 Å². The molecule has 0 saturated carbocycles. The van der Waals surface area contributed by atoms with Crippen LogP contribution in [0.15, 0.2) is 30.5 Å². The van der Waals surface area contributed by atoms with Crippen molar-refractivity contribution >= 4 is 11.5 Å². The molecule has 172 valence electrons. The number of hydrogen-bond acceptors (Lipinski definition) is 7. The monoisotopic (exact) mass is 454 g/mol. The number of nitrogens with one attached hydrogen (secondary N) is 2. The van der Waals surface area contributed by atoms with Gasteiger partial charge in [-0.3, -0.25) is 0 Å². The second-order valence-corrected chi connectivity index (χ2v) is 7.71. The Balaban J connectivity index is 1.75. The summed E-state index contributed by atoms with van der Waals surface area (Å²) in [6.07, 6.45) is -4.22. The van der Waals surface area contributed by atoms with Crippen LogP contribution in [0.3, 0.4) is 0 Å². The predicted octanol–water partition coefficient (Wildman–Crippen LogP) is 2.68. The Morgan fingerprint density at radius 1 is 1.31 bits per heavy atom. The average Bonchev–Trinajstić information content (AvgIpc) is 3.17. The first-order valence-corrected chi connectivity index (χ1v) is 9.93. The molecule has 1 aliphatic heterocycles. The van der Waals surface area contributed by atoms with Crippen LogP contribution in [0.25, 0.3) is 17.0 Å². The smallest absolute Gasteiger partial charge is 0.422 e. The maximum atomic E-state index is 14.2. The number of aromatic nitrogens is 4. The summed E-state index contributed by atoms with van der Waals surface area (Å²) in [6.45, 7) is 1.66. The topological polar surface area (TPSA) is 96.6 Å². The van der Waals surface area contributed by atoms with E-state index in [0.717, 1.165) is 4.52 Å². The van der Waals surface area contributed by atoms with Gasteiger partial charge < -0.3 is 20.5 Å². The van der Waals surface area contributed by atoms with Gasteiger partial charge in [0.05, 0.1) is 25.0 Å². The molecular weight excluding hydrogens is 432 g/mol. The van der Waals surface area contributed by atoms with Crippen LogP contribution in [0.1, 0.15) is 19.0 Å². The van der Waals surface area contributed by atoms with E-state index in [1.807, 2.05) is 0 Å². The number of halogens is 4. The van der Waals surface area contributed by atoms with E-state index in [4.69, 9.17) is 4.74 Å². The summed E-state index contributed by atoms with van der Waals surface area (Å²) in [5.74, 6) is 0.156. The highest BCUT2D eigenvalue weighted by Crippen LogP contribution is 2.41. The minimum absolute atomic E-state index is 0.207. The van der Waals surface area contributed by atoms with E-state index in [1.165, 1.54) is 19.4 Å². The van der Waals surface area contributed by atoms with Crippen molar-refractivity contribution in [2.45, 2.75) is 37.3 Å². The molecule has 0 bridgehead atoms. The minimum atomic E-state index is -4.99. The summed E-state index contributed by atoms with van der Waals surface area (Å²) >= 11 is 0. The van der Waals surface area contributed by atoms with Crippen LogP contribution < -0.4 is 15.4 Å². The molecule has 3 atom stereocenters. The third-order valence-electron chi connectivity index (χ3n) is 5.43. The van der Waals surface area contributed by atoms with Gasteiger partial charge in [-0.15, -0.1) is 0 Å². The number of pyridine rings is 1. The number of methoxy groups -OCH3 is 1. The van der Waals surface area contributed by atoms with Crippen LogP contribution in [-0.4, -0.2) is 63.3 Å². The molecule has 0 aliphatic carbocycles. The lowest BCUT2D eigenvalue weighted by molar-refractivity contribution is -0.261. The van der Waals surface area contributed by atoms with Crippen LogP contribution in [-0.2, 0) is 5.60 Å². The molecule has 1 aliphatic rings. The first-order chi connectivity index (χ1) is 15.1. The second kappa shape index (κ2) is 8.17.